The van der Waals surface area contributed by atoms with Crippen molar-refractivity contribution in [3.05, 3.63) is 53.1 Å². The number of sulfonamides is 1. The van der Waals surface area contributed by atoms with Gasteiger partial charge in [-0.2, -0.15) is 0 Å². The zero-order valence-electron chi connectivity index (χ0n) is 17.9. The molecule has 2 aromatic carbocycles. The summed E-state index contributed by atoms with van der Waals surface area (Å²) in [6, 6.07) is 11.1. The lowest BCUT2D eigenvalue weighted by molar-refractivity contribution is -0.122. The van der Waals surface area contributed by atoms with E-state index >= 15 is 0 Å². The van der Waals surface area contributed by atoms with E-state index in [9.17, 15) is 18.0 Å². The van der Waals surface area contributed by atoms with Crippen molar-refractivity contribution in [3.8, 4) is 5.75 Å². The summed E-state index contributed by atoms with van der Waals surface area (Å²) in [6.45, 7) is 0.843. The molecule has 2 amide bonds. The van der Waals surface area contributed by atoms with E-state index in [4.69, 9.17) is 21.1 Å². The van der Waals surface area contributed by atoms with Crippen LogP contribution in [0.5, 0.6) is 5.75 Å². The number of anilines is 2. The molecule has 2 aromatic rings. The molecule has 1 saturated heterocycles. The number of halogens is 1. The van der Waals surface area contributed by atoms with Crippen molar-refractivity contribution in [1.29, 1.82) is 0 Å². The number of nitrogens with one attached hydrogen (secondary N) is 2. The second kappa shape index (κ2) is 9.58. The van der Waals surface area contributed by atoms with Gasteiger partial charge in [-0.25, -0.2) is 8.42 Å². The lowest BCUT2D eigenvalue weighted by Gasteiger charge is -2.34. The number of hydrogen-bond donors (Lipinski definition) is 2. The average molecular weight is 494 g/mol. The number of benzene rings is 2. The molecular weight excluding hydrogens is 470 g/mol. The van der Waals surface area contributed by atoms with Crippen LogP contribution < -0.4 is 19.7 Å². The molecule has 0 bridgehead atoms. The molecule has 1 fully saturated rings. The summed E-state index contributed by atoms with van der Waals surface area (Å²) in [7, 11) is -3.69. The SMILES string of the molecule is CS(=O)(=O)N1C[C@@H](C(=O)Nc2ccccc2C(=O)NC[C@@H]2CCCO2)Oc2ccc(Cl)cc21. The van der Waals surface area contributed by atoms with Crippen LogP contribution in [-0.2, 0) is 19.6 Å². The van der Waals surface area contributed by atoms with Gasteiger partial charge in [0.25, 0.3) is 11.8 Å². The minimum Gasteiger partial charge on any atom is -0.476 e. The highest BCUT2D eigenvalue weighted by Crippen LogP contribution is 2.37. The summed E-state index contributed by atoms with van der Waals surface area (Å²) < 4.78 is 37.1. The van der Waals surface area contributed by atoms with Crippen LogP contribution in [-0.4, -0.2) is 58.4 Å². The van der Waals surface area contributed by atoms with Gasteiger partial charge in [0.2, 0.25) is 10.0 Å². The first-order valence-corrected chi connectivity index (χ1v) is 12.7. The van der Waals surface area contributed by atoms with Crippen LogP contribution in [0.1, 0.15) is 23.2 Å². The number of carbonyl (C=O) groups is 2. The third kappa shape index (κ3) is 5.40. The van der Waals surface area contributed by atoms with Gasteiger partial charge < -0.3 is 20.1 Å². The topological polar surface area (TPSA) is 114 Å². The molecule has 9 nitrogen and oxygen atoms in total. The fourth-order valence-corrected chi connectivity index (χ4v) is 4.86. The Kier molecular flexibility index (Phi) is 6.78. The molecule has 176 valence electrons. The number of para-hydroxylation sites is 1. The van der Waals surface area contributed by atoms with E-state index in [1.54, 1.807) is 30.3 Å². The van der Waals surface area contributed by atoms with Gasteiger partial charge in [0.05, 0.1) is 35.8 Å². The van der Waals surface area contributed by atoms with Crippen LogP contribution in [0.4, 0.5) is 11.4 Å². The van der Waals surface area contributed by atoms with Crippen molar-refractivity contribution < 1.29 is 27.5 Å². The standard InChI is InChI=1S/C22H24ClN3O6S/c1-33(29,30)26-13-20(32-19-9-8-14(23)11-18(19)26)22(28)25-17-7-3-2-6-16(17)21(27)24-12-15-5-4-10-31-15/h2-3,6-9,11,15,20H,4-5,10,12-13H2,1H3,(H,24,27)(H,25,28)/t15-,20-/m0/s1. The number of ether oxygens (including phenoxy) is 2. The first kappa shape index (κ1) is 23.3. The van der Waals surface area contributed by atoms with Crippen molar-refractivity contribution >= 4 is 44.8 Å². The minimum absolute atomic E-state index is 0.0121. The average Bonchev–Trinajstić information content (AvgIpc) is 3.30. The van der Waals surface area contributed by atoms with E-state index in [0.717, 1.165) is 23.4 Å². The lowest BCUT2D eigenvalue weighted by Crippen LogP contribution is -2.48. The van der Waals surface area contributed by atoms with Gasteiger partial charge >= 0.3 is 0 Å². The summed E-state index contributed by atoms with van der Waals surface area (Å²) in [5.74, 6) is -0.703. The predicted octanol–water partition coefficient (Wildman–Crippen LogP) is 2.41. The van der Waals surface area contributed by atoms with Gasteiger partial charge in [-0.05, 0) is 43.2 Å². The number of nitrogens with zero attached hydrogens (tertiary/aromatic N) is 1. The van der Waals surface area contributed by atoms with E-state index in [0.29, 0.717) is 23.9 Å². The maximum atomic E-state index is 13.0. The van der Waals surface area contributed by atoms with Gasteiger partial charge in [0.1, 0.15) is 5.75 Å². The summed E-state index contributed by atoms with van der Waals surface area (Å²) in [5, 5.41) is 5.88. The summed E-state index contributed by atoms with van der Waals surface area (Å²) in [6.07, 6.45) is 1.76. The van der Waals surface area contributed by atoms with Crippen LogP contribution in [0.2, 0.25) is 5.02 Å². The Morgan fingerprint density at radius 3 is 2.73 bits per heavy atom. The number of fused-ring (bicyclic) bond motifs is 1. The van der Waals surface area contributed by atoms with Gasteiger partial charge in [-0.3, -0.25) is 13.9 Å². The zero-order valence-corrected chi connectivity index (χ0v) is 19.5. The molecular formula is C22H24ClN3O6S. The molecule has 0 saturated carbocycles. The van der Waals surface area contributed by atoms with E-state index in [1.165, 1.54) is 12.1 Å². The summed E-state index contributed by atoms with van der Waals surface area (Å²) >= 11 is 6.01. The molecule has 2 atom stereocenters. The van der Waals surface area contributed by atoms with E-state index in [-0.39, 0.29) is 35.6 Å². The van der Waals surface area contributed by atoms with Crippen LogP contribution in [0, 0.1) is 0 Å². The Hall–Kier alpha value is -2.82. The lowest BCUT2D eigenvalue weighted by atomic mass is 10.1. The van der Waals surface area contributed by atoms with Crippen LogP contribution >= 0.6 is 11.6 Å². The van der Waals surface area contributed by atoms with Gasteiger partial charge in [0, 0.05) is 18.2 Å². The van der Waals surface area contributed by atoms with Gasteiger partial charge in [0.15, 0.2) is 6.10 Å². The maximum absolute atomic E-state index is 13.0. The highest BCUT2D eigenvalue weighted by Gasteiger charge is 2.35. The summed E-state index contributed by atoms with van der Waals surface area (Å²) in [4.78, 5) is 25.7. The highest BCUT2D eigenvalue weighted by atomic mass is 35.5. The molecule has 0 spiro atoms. The Balaban J connectivity index is 1.50. The quantitative estimate of drug-likeness (QED) is 0.638. The molecule has 2 aliphatic heterocycles. The van der Waals surface area contributed by atoms with Crippen LogP contribution in [0.25, 0.3) is 0 Å². The molecule has 11 heteroatoms. The largest absolute Gasteiger partial charge is 0.476 e. The Labute approximate surface area is 197 Å². The highest BCUT2D eigenvalue weighted by molar-refractivity contribution is 7.92. The number of carbonyl (C=O) groups excluding carboxylic acids is 2. The predicted molar refractivity (Wildman–Crippen MR) is 124 cm³/mol. The normalized spacial score (nSPS) is 20.0. The molecule has 2 N–H and O–H groups in total. The molecule has 0 aliphatic carbocycles. The fraction of sp³-hybridized carbons (Fsp3) is 0.364. The number of hydrogen-bond acceptors (Lipinski definition) is 6. The van der Waals surface area contributed by atoms with E-state index in [1.807, 2.05) is 0 Å². The fourth-order valence-electron chi connectivity index (χ4n) is 3.79. The minimum atomic E-state index is -3.69. The van der Waals surface area contributed by atoms with Crippen LogP contribution in [0.15, 0.2) is 42.5 Å². The molecule has 0 unspecified atom stereocenters. The Morgan fingerprint density at radius 2 is 2.00 bits per heavy atom. The summed E-state index contributed by atoms with van der Waals surface area (Å²) in [5.41, 5.74) is 0.846. The van der Waals surface area contributed by atoms with Gasteiger partial charge in [-0.15, -0.1) is 0 Å². The van der Waals surface area contributed by atoms with E-state index < -0.39 is 22.0 Å². The Bertz CT molecular complexity index is 1170. The number of amides is 2. The van der Waals surface area contributed by atoms with Crippen molar-refractivity contribution in [2.24, 2.45) is 0 Å². The molecule has 0 aromatic heterocycles. The van der Waals surface area contributed by atoms with Crippen molar-refractivity contribution in [2.75, 3.05) is 35.6 Å². The molecule has 2 aliphatic rings. The molecule has 33 heavy (non-hydrogen) atoms. The molecule has 4 rings (SSSR count). The number of rotatable bonds is 6. The van der Waals surface area contributed by atoms with Gasteiger partial charge in [-0.1, -0.05) is 23.7 Å². The smallest absolute Gasteiger partial charge is 0.267 e. The zero-order chi connectivity index (χ0) is 23.6. The van der Waals surface area contributed by atoms with E-state index in [2.05, 4.69) is 10.6 Å². The third-order valence-corrected chi connectivity index (χ3v) is 6.81. The van der Waals surface area contributed by atoms with Crippen LogP contribution in [0.3, 0.4) is 0 Å². The first-order chi connectivity index (χ1) is 15.7. The first-order valence-electron chi connectivity index (χ1n) is 10.5. The van der Waals surface area contributed by atoms with Crippen molar-refractivity contribution in [3.63, 3.8) is 0 Å². The molecule has 2 heterocycles. The Morgan fingerprint density at radius 1 is 1.21 bits per heavy atom. The monoisotopic (exact) mass is 493 g/mol. The molecule has 0 radical (unpaired) electrons. The van der Waals surface area contributed by atoms with Crippen molar-refractivity contribution in [2.45, 2.75) is 25.0 Å². The van der Waals surface area contributed by atoms with Crippen molar-refractivity contribution in [1.82, 2.24) is 5.32 Å². The second-order valence-corrected chi connectivity index (χ2v) is 10.2. The second-order valence-electron chi connectivity index (χ2n) is 7.89. The maximum Gasteiger partial charge on any atom is 0.267 e. The third-order valence-electron chi connectivity index (χ3n) is 5.43.